The van der Waals surface area contributed by atoms with Gasteiger partial charge in [-0.25, -0.2) is 0 Å². The van der Waals surface area contributed by atoms with Crippen LogP contribution in [0.3, 0.4) is 0 Å². The molecule has 1 aromatic rings. The topological polar surface area (TPSA) is 46.2 Å². The van der Waals surface area contributed by atoms with Crippen molar-refractivity contribution in [3.8, 4) is 0 Å². The molecule has 1 aromatic carbocycles. The van der Waals surface area contributed by atoms with Crippen molar-refractivity contribution in [2.45, 2.75) is 32.9 Å². The van der Waals surface area contributed by atoms with Crippen LogP contribution in [-0.4, -0.2) is 11.2 Å². The standard InChI is InChI=1S/C11H17NO/c1-7-5-4-6-10(8(7)2)11(12)9(3)13/h4-6,9,11,13H,12H2,1-3H3/t9-,11+/m0/s1. The highest BCUT2D eigenvalue weighted by Crippen LogP contribution is 2.20. The Kier molecular flexibility index (Phi) is 3.07. The molecule has 0 heterocycles. The number of rotatable bonds is 2. The number of hydrogen-bond donors (Lipinski definition) is 2. The summed E-state index contributed by atoms with van der Waals surface area (Å²) in [5.74, 6) is 0. The summed E-state index contributed by atoms with van der Waals surface area (Å²) < 4.78 is 0. The van der Waals surface area contributed by atoms with E-state index in [1.807, 2.05) is 32.0 Å². The van der Waals surface area contributed by atoms with E-state index in [1.54, 1.807) is 6.92 Å². The number of nitrogens with two attached hydrogens (primary N) is 1. The van der Waals surface area contributed by atoms with Crippen LogP contribution in [0.5, 0.6) is 0 Å². The van der Waals surface area contributed by atoms with E-state index in [0.29, 0.717) is 0 Å². The largest absolute Gasteiger partial charge is 0.391 e. The SMILES string of the molecule is Cc1cccc([C@H](N)[C@H](C)O)c1C. The number of aliphatic hydroxyl groups excluding tert-OH is 1. The van der Waals surface area contributed by atoms with Gasteiger partial charge in [0, 0.05) is 0 Å². The minimum atomic E-state index is -0.500. The van der Waals surface area contributed by atoms with Gasteiger partial charge in [-0.2, -0.15) is 0 Å². The Labute approximate surface area is 79.4 Å². The third-order valence-electron chi connectivity index (χ3n) is 2.53. The first kappa shape index (κ1) is 10.2. The first-order chi connectivity index (χ1) is 6.04. The summed E-state index contributed by atoms with van der Waals surface area (Å²) in [5.41, 5.74) is 9.29. The average molecular weight is 179 g/mol. The molecule has 0 bridgehead atoms. The lowest BCUT2D eigenvalue weighted by molar-refractivity contribution is 0.164. The Morgan fingerprint density at radius 3 is 2.46 bits per heavy atom. The minimum absolute atomic E-state index is 0.278. The van der Waals surface area contributed by atoms with E-state index >= 15 is 0 Å². The third-order valence-corrected chi connectivity index (χ3v) is 2.53. The molecular weight excluding hydrogens is 162 g/mol. The molecule has 2 nitrogen and oxygen atoms in total. The van der Waals surface area contributed by atoms with Crippen molar-refractivity contribution in [2.24, 2.45) is 5.73 Å². The van der Waals surface area contributed by atoms with Crippen LogP contribution in [0.25, 0.3) is 0 Å². The molecular formula is C11H17NO. The summed E-state index contributed by atoms with van der Waals surface area (Å²) in [6, 6.07) is 5.72. The van der Waals surface area contributed by atoms with Crippen molar-refractivity contribution in [2.75, 3.05) is 0 Å². The number of hydrogen-bond acceptors (Lipinski definition) is 2. The van der Waals surface area contributed by atoms with Crippen LogP contribution in [0, 0.1) is 13.8 Å². The molecule has 3 N–H and O–H groups in total. The Hall–Kier alpha value is -0.860. The predicted octanol–water partition coefficient (Wildman–Crippen LogP) is 1.68. The fourth-order valence-corrected chi connectivity index (χ4v) is 1.39. The van der Waals surface area contributed by atoms with Crippen molar-refractivity contribution in [3.05, 3.63) is 34.9 Å². The Balaban J connectivity index is 3.07. The van der Waals surface area contributed by atoms with Gasteiger partial charge in [-0.15, -0.1) is 0 Å². The average Bonchev–Trinajstić information content (AvgIpc) is 2.08. The van der Waals surface area contributed by atoms with Crippen LogP contribution in [-0.2, 0) is 0 Å². The summed E-state index contributed by atoms with van der Waals surface area (Å²) in [4.78, 5) is 0. The molecule has 0 saturated carbocycles. The van der Waals surface area contributed by atoms with Gasteiger partial charge < -0.3 is 10.8 Å². The Morgan fingerprint density at radius 1 is 1.31 bits per heavy atom. The van der Waals surface area contributed by atoms with Gasteiger partial charge in [-0.05, 0) is 37.5 Å². The van der Waals surface area contributed by atoms with Gasteiger partial charge in [0.1, 0.15) is 0 Å². The van der Waals surface area contributed by atoms with Gasteiger partial charge in [0.05, 0.1) is 12.1 Å². The van der Waals surface area contributed by atoms with Gasteiger partial charge in [0.25, 0.3) is 0 Å². The quantitative estimate of drug-likeness (QED) is 0.725. The minimum Gasteiger partial charge on any atom is -0.391 e. The van der Waals surface area contributed by atoms with E-state index < -0.39 is 6.10 Å². The highest BCUT2D eigenvalue weighted by atomic mass is 16.3. The van der Waals surface area contributed by atoms with Gasteiger partial charge in [0.2, 0.25) is 0 Å². The van der Waals surface area contributed by atoms with E-state index in [1.165, 1.54) is 11.1 Å². The molecule has 72 valence electrons. The second-order valence-corrected chi connectivity index (χ2v) is 3.56. The van der Waals surface area contributed by atoms with Gasteiger partial charge in [-0.3, -0.25) is 0 Å². The molecule has 0 aliphatic rings. The van der Waals surface area contributed by atoms with Crippen molar-refractivity contribution in [1.82, 2.24) is 0 Å². The van der Waals surface area contributed by atoms with Crippen LogP contribution in [0.1, 0.15) is 29.7 Å². The number of aliphatic hydroxyl groups is 1. The zero-order chi connectivity index (χ0) is 10.0. The lowest BCUT2D eigenvalue weighted by Crippen LogP contribution is -2.24. The molecule has 2 heteroatoms. The zero-order valence-electron chi connectivity index (χ0n) is 8.41. The van der Waals surface area contributed by atoms with Gasteiger partial charge in [0.15, 0.2) is 0 Å². The van der Waals surface area contributed by atoms with Crippen LogP contribution in [0.4, 0.5) is 0 Å². The zero-order valence-corrected chi connectivity index (χ0v) is 8.41. The van der Waals surface area contributed by atoms with Crippen LogP contribution in [0.2, 0.25) is 0 Å². The molecule has 0 aliphatic heterocycles. The second-order valence-electron chi connectivity index (χ2n) is 3.56. The van der Waals surface area contributed by atoms with Crippen LogP contribution < -0.4 is 5.73 Å². The van der Waals surface area contributed by atoms with Crippen molar-refractivity contribution in [1.29, 1.82) is 0 Å². The van der Waals surface area contributed by atoms with E-state index in [4.69, 9.17) is 5.73 Å². The normalized spacial score (nSPS) is 15.5. The number of aryl methyl sites for hydroxylation is 1. The summed E-state index contributed by atoms with van der Waals surface area (Å²) in [5, 5.41) is 9.36. The van der Waals surface area contributed by atoms with Gasteiger partial charge in [-0.1, -0.05) is 18.2 Å². The van der Waals surface area contributed by atoms with Crippen molar-refractivity contribution >= 4 is 0 Å². The molecule has 2 atom stereocenters. The molecule has 1 rings (SSSR count). The summed E-state index contributed by atoms with van der Waals surface area (Å²) in [7, 11) is 0. The first-order valence-corrected chi connectivity index (χ1v) is 4.53. The molecule has 0 amide bonds. The molecule has 0 spiro atoms. The third kappa shape index (κ3) is 2.08. The van der Waals surface area contributed by atoms with E-state index in [2.05, 4.69) is 0 Å². The molecule has 13 heavy (non-hydrogen) atoms. The molecule has 0 fully saturated rings. The van der Waals surface area contributed by atoms with Crippen molar-refractivity contribution < 1.29 is 5.11 Å². The van der Waals surface area contributed by atoms with E-state index in [9.17, 15) is 5.11 Å². The number of benzene rings is 1. The van der Waals surface area contributed by atoms with Crippen molar-refractivity contribution in [3.63, 3.8) is 0 Å². The van der Waals surface area contributed by atoms with Gasteiger partial charge >= 0.3 is 0 Å². The lowest BCUT2D eigenvalue weighted by Gasteiger charge is -2.18. The maximum absolute atomic E-state index is 9.36. The fourth-order valence-electron chi connectivity index (χ4n) is 1.39. The van der Waals surface area contributed by atoms with E-state index in [-0.39, 0.29) is 6.04 Å². The first-order valence-electron chi connectivity index (χ1n) is 4.53. The second kappa shape index (κ2) is 3.90. The highest BCUT2D eigenvalue weighted by molar-refractivity contribution is 5.35. The van der Waals surface area contributed by atoms with E-state index in [0.717, 1.165) is 5.56 Å². The van der Waals surface area contributed by atoms with Crippen LogP contribution in [0.15, 0.2) is 18.2 Å². The summed E-state index contributed by atoms with van der Waals surface area (Å²) in [6.45, 7) is 5.80. The monoisotopic (exact) mass is 179 g/mol. The highest BCUT2D eigenvalue weighted by Gasteiger charge is 2.14. The summed E-state index contributed by atoms with van der Waals surface area (Å²) in [6.07, 6.45) is -0.500. The Bertz CT molecular complexity index is 294. The molecule has 0 radical (unpaired) electrons. The maximum atomic E-state index is 9.36. The lowest BCUT2D eigenvalue weighted by atomic mass is 9.95. The molecule has 0 saturated heterocycles. The fraction of sp³-hybridized carbons (Fsp3) is 0.455. The Morgan fingerprint density at radius 2 is 1.92 bits per heavy atom. The molecule has 0 aliphatic carbocycles. The maximum Gasteiger partial charge on any atom is 0.0704 e. The molecule has 0 unspecified atom stereocenters. The predicted molar refractivity (Wildman–Crippen MR) is 54.5 cm³/mol. The molecule has 0 aromatic heterocycles. The van der Waals surface area contributed by atoms with Crippen LogP contribution >= 0.6 is 0 Å². The summed E-state index contributed by atoms with van der Waals surface area (Å²) >= 11 is 0. The smallest absolute Gasteiger partial charge is 0.0704 e.